The Morgan fingerprint density at radius 3 is 2.58 bits per heavy atom. The first-order valence-electron chi connectivity index (χ1n) is 7.58. The quantitative estimate of drug-likeness (QED) is 0.787. The van der Waals surface area contributed by atoms with E-state index in [1.807, 2.05) is 0 Å². The van der Waals surface area contributed by atoms with E-state index in [1.165, 1.54) is 18.2 Å². The highest BCUT2D eigenvalue weighted by Gasteiger charge is 2.31. The van der Waals surface area contributed by atoms with E-state index in [2.05, 4.69) is 10.0 Å². The Kier molecular flexibility index (Phi) is 4.98. The number of rotatable bonds is 7. The first kappa shape index (κ1) is 17.1. The molecular weight excluding hydrogens is 351 g/mol. The largest absolute Gasteiger partial charge is 0.351 e. The van der Waals surface area contributed by atoms with Gasteiger partial charge in [0.05, 0.1) is 0 Å². The second kappa shape index (κ2) is 7.00. The Bertz CT molecular complexity index is 827. The summed E-state index contributed by atoms with van der Waals surface area (Å²) in [7, 11) is -3.65. The zero-order chi connectivity index (χ0) is 17.2. The van der Waals surface area contributed by atoms with Crippen LogP contribution < -0.4 is 10.0 Å². The standard InChI is InChI=1S/C16H17FN2O3S2/c17-12-3-1-11(2-4-12)7-9-18-16(20)15-14(8-10-23-15)24(21,22)19-13-5-6-13/h1-4,8,10,13,19H,5-7,9H2,(H,18,20). The summed E-state index contributed by atoms with van der Waals surface area (Å²) in [4.78, 5) is 12.5. The van der Waals surface area contributed by atoms with Crippen molar-refractivity contribution in [3.63, 3.8) is 0 Å². The molecule has 0 saturated heterocycles. The predicted molar refractivity (Wildman–Crippen MR) is 90.1 cm³/mol. The van der Waals surface area contributed by atoms with Crippen molar-refractivity contribution in [3.8, 4) is 0 Å². The molecule has 24 heavy (non-hydrogen) atoms. The van der Waals surface area contributed by atoms with E-state index in [4.69, 9.17) is 0 Å². The molecule has 1 saturated carbocycles. The van der Waals surface area contributed by atoms with Crippen molar-refractivity contribution in [3.05, 3.63) is 52.0 Å². The molecule has 128 valence electrons. The Hall–Kier alpha value is -1.77. The normalized spacial score (nSPS) is 14.5. The van der Waals surface area contributed by atoms with E-state index < -0.39 is 15.9 Å². The molecule has 0 unspecified atom stereocenters. The molecule has 1 amide bonds. The molecule has 1 fully saturated rings. The molecule has 0 radical (unpaired) electrons. The molecular formula is C16H17FN2O3S2. The third-order valence-electron chi connectivity index (χ3n) is 3.64. The maximum absolute atomic E-state index is 12.8. The van der Waals surface area contributed by atoms with Crippen LogP contribution in [0.3, 0.4) is 0 Å². The molecule has 0 bridgehead atoms. The zero-order valence-corrected chi connectivity index (χ0v) is 14.4. The fourth-order valence-electron chi connectivity index (χ4n) is 2.21. The average molecular weight is 368 g/mol. The average Bonchev–Trinajstić information content (AvgIpc) is 3.18. The van der Waals surface area contributed by atoms with Crippen molar-refractivity contribution < 1.29 is 17.6 Å². The van der Waals surface area contributed by atoms with E-state index in [-0.39, 0.29) is 21.6 Å². The fraction of sp³-hybridized carbons (Fsp3) is 0.312. The van der Waals surface area contributed by atoms with Crippen molar-refractivity contribution in [2.45, 2.75) is 30.2 Å². The van der Waals surface area contributed by atoms with Crippen LogP contribution in [-0.2, 0) is 16.4 Å². The molecule has 1 aromatic carbocycles. The van der Waals surface area contributed by atoms with Crippen molar-refractivity contribution in [2.75, 3.05) is 6.54 Å². The summed E-state index contributed by atoms with van der Waals surface area (Å²) in [5.41, 5.74) is 0.895. The molecule has 0 atom stereocenters. The van der Waals surface area contributed by atoms with Gasteiger partial charge in [-0.2, -0.15) is 0 Å². The lowest BCUT2D eigenvalue weighted by Crippen LogP contribution is -2.30. The van der Waals surface area contributed by atoms with Gasteiger partial charge in [0.2, 0.25) is 10.0 Å². The van der Waals surface area contributed by atoms with Crippen LogP contribution in [0.2, 0.25) is 0 Å². The number of hydrogen-bond donors (Lipinski definition) is 2. The SMILES string of the molecule is O=C(NCCc1ccc(F)cc1)c1sccc1S(=O)(=O)NC1CC1. The van der Waals surface area contributed by atoms with E-state index >= 15 is 0 Å². The number of hydrogen-bond acceptors (Lipinski definition) is 4. The topological polar surface area (TPSA) is 75.3 Å². The maximum atomic E-state index is 12.8. The minimum absolute atomic E-state index is 0.00992. The number of carbonyl (C=O) groups is 1. The summed E-state index contributed by atoms with van der Waals surface area (Å²) in [6, 6.07) is 7.48. The van der Waals surface area contributed by atoms with Gasteiger partial charge in [-0.1, -0.05) is 12.1 Å². The van der Waals surface area contributed by atoms with Crippen LogP contribution in [0.4, 0.5) is 4.39 Å². The highest BCUT2D eigenvalue weighted by Crippen LogP contribution is 2.26. The summed E-state index contributed by atoms with van der Waals surface area (Å²) in [5, 5.41) is 4.31. The van der Waals surface area contributed by atoms with Gasteiger partial charge >= 0.3 is 0 Å². The van der Waals surface area contributed by atoms with Crippen LogP contribution in [0, 0.1) is 5.82 Å². The van der Waals surface area contributed by atoms with Gasteiger partial charge in [-0.05, 0) is 48.4 Å². The molecule has 1 aliphatic carbocycles. The van der Waals surface area contributed by atoms with E-state index in [9.17, 15) is 17.6 Å². The van der Waals surface area contributed by atoms with Crippen molar-refractivity contribution in [1.82, 2.24) is 10.0 Å². The third kappa shape index (κ3) is 4.19. The molecule has 1 aliphatic rings. The lowest BCUT2D eigenvalue weighted by atomic mass is 10.1. The minimum atomic E-state index is -3.65. The molecule has 1 aromatic heterocycles. The molecule has 3 rings (SSSR count). The molecule has 0 spiro atoms. The second-order valence-corrected chi connectivity index (χ2v) is 8.24. The van der Waals surface area contributed by atoms with Crippen LogP contribution in [0.15, 0.2) is 40.6 Å². The highest BCUT2D eigenvalue weighted by atomic mass is 32.2. The van der Waals surface area contributed by atoms with Crippen molar-refractivity contribution in [2.24, 2.45) is 0 Å². The summed E-state index contributed by atoms with van der Waals surface area (Å²) in [6.07, 6.45) is 2.21. The number of carbonyl (C=O) groups excluding carboxylic acids is 1. The van der Waals surface area contributed by atoms with Gasteiger partial charge in [0.1, 0.15) is 15.6 Å². The molecule has 1 heterocycles. The van der Waals surface area contributed by atoms with Crippen LogP contribution in [-0.4, -0.2) is 26.9 Å². The Morgan fingerprint density at radius 2 is 1.92 bits per heavy atom. The first-order chi connectivity index (χ1) is 11.5. The number of thiophene rings is 1. The van der Waals surface area contributed by atoms with E-state index in [0.717, 1.165) is 29.7 Å². The number of nitrogens with one attached hydrogen (secondary N) is 2. The molecule has 0 aliphatic heterocycles. The van der Waals surface area contributed by atoms with Gasteiger partial charge in [-0.15, -0.1) is 11.3 Å². The third-order valence-corrected chi connectivity index (χ3v) is 6.24. The molecule has 2 N–H and O–H groups in total. The summed E-state index contributed by atoms with van der Waals surface area (Å²) in [6.45, 7) is 0.345. The van der Waals surface area contributed by atoms with Crippen molar-refractivity contribution in [1.29, 1.82) is 0 Å². The zero-order valence-electron chi connectivity index (χ0n) is 12.8. The van der Waals surface area contributed by atoms with Crippen molar-refractivity contribution >= 4 is 27.3 Å². The van der Waals surface area contributed by atoms with Gasteiger partial charge in [0, 0.05) is 12.6 Å². The number of benzene rings is 1. The van der Waals surface area contributed by atoms with Gasteiger partial charge < -0.3 is 5.32 Å². The van der Waals surface area contributed by atoms with Gasteiger partial charge in [-0.3, -0.25) is 4.79 Å². The highest BCUT2D eigenvalue weighted by molar-refractivity contribution is 7.89. The molecule has 8 heteroatoms. The second-order valence-electron chi connectivity index (χ2n) is 5.64. The lowest BCUT2D eigenvalue weighted by Gasteiger charge is -2.08. The smallest absolute Gasteiger partial charge is 0.262 e. The molecule has 5 nitrogen and oxygen atoms in total. The number of amides is 1. The van der Waals surface area contributed by atoms with Crippen LogP contribution >= 0.6 is 11.3 Å². The summed E-state index contributed by atoms with van der Waals surface area (Å²) in [5.74, 6) is -0.720. The lowest BCUT2D eigenvalue weighted by molar-refractivity contribution is 0.0955. The number of halogens is 1. The number of sulfonamides is 1. The van der Waals surface area contributed by atoms with E-state index in [0.29, 0.717) is 13.0 Å². The fourth-order valence-corrected chi connectivity index (χ4v) is 4.86. The monoisotopic (exact) mass is 368 g/mol. The Morgan fingerprint density at radius 1 is 1.21 bits per heavy atom. The minimum Gasteiger partial charge on any atom is -0.351 e. The van der Waals surface area contributed by atoms with Gasteiger partial charge in [0.25, 0.3) is 5.91 Å². The maximum Gasteiger partial charge on any atom is 0.262 e. The van der Waals surface area contributed by atoms with E-state index in [1.54, 1.807) is 17.5 Å². The van der Waals surface area contributed by atoms with Gasteiger partial charge in [-0.25, -0.2) is 17.5 Å². The Balaban J connectivity index is 1.61. The van der Waals surface area contributed by atoms with Crippen LogP contribution in [0.25, 0.3) is 0 Å². The Labute approximate surface area is 144 Å². The summed E-state index contributed by atoms with van der Waals surface area (Å²) >= 11 is 1.10. The van der Waals surface area contributed by atoms with Crippen LogP contribution in [0.1, 0.15) is 28.1 Å². The predicted octanol–water partition coefficient (Wildman–Crippen LogP) is 2.30. The first-order valence-corrected chi connectivity index (χ1v) is 9.94. The summed E-state index contributed by atoms with van der Waals surface area (Å²) < 4.78 is 40.0. The van der Waals surface area contributed by atoms with Gasteiger partial charge in [0.15, 0.2) is 0 Å². The van der Waals surface area contributed by atoms with Crippen LogP contribution in [0.5, 0.6) is 0 Å². The molecule has 2 aromatic rings.